The predicted molar refractivity (Wildman–Crippen MR) is 124 cm³/mol. The fourth-order valence-corrected chi connectivity index (χ4v) is 6.15. The molecule has 4 aliphatic rings. The quantitative estimate of drug-likeness (QED) is 0.720. The molecular formula is C27H29F2N3O3. The molecule has 1 N–H and O–H groups in total. The monoisotopic (exact) mass is 481 g/mol. The number of piperidine rings is 1. The van der Waals surface area contributed by atoms with Crippen LogP contribution in [0, 0.1) is 11.6 Å². The van der Waals surface area contributed by atoms with Gasteiger partial charge in [-0.05, 0) is 68.1 Å². The van der Waals surface area contributed by atoms with Crippen LogP contribution in [0.4, 0.5) is 8.78 Å². The van der Waals surface area contributed by atoms with Gasteiger partial charge >= 0.3 is 0 Å². The molecule has 3 saturated heterocycles. The summed E-state index contributed by atoms with van der Waals surface area (Å²) in [5.74, 6) is -1.46. The highest BCUT2D eigenvalue weighted by atomic mass is 19.1. The van der Waals surface area contributed by atoms with Crippen molar-refractivity contribution < 1.29 is 23.1 Å². The molecule has 1 saturated carbocycles. The van der Waals surface area contributed by atoms with Crippen LogP contribution >= 0.6 is 0 Å². The van der Waals surface area contributed by atoms with Crippen LogP contribution in [-0.2, 0) is 15.1 Å². The molecule has 4 fully saturated rings. The number of fused-ring (bicyclic) bond motifs is 1. The summed E-state index contributed by atoms with van der Waals surface area (Å²) in [7, 11) is 1.95. The van der Waals surface area contributed by atoms with E-state index in [-0.39, 0.29) is 17.4 Å². The number of carbonyl (C=O) groups is 2. The van der Waals surface area contributed by atoms with Crippen LogP contribution in [-0.4, -0.2) is 53.6 Å². The summed E-state index contributed by atoms with van der Waals surface area (Å²) in [5.41, 5.74) is 1.26. The van der Waals surface area contributed by atoms with E-state index in [1.165, 1.54) is 12.1 Å². The van der Waals surface area contributed by atoms with Crippen LogP contribution in [0.15, 0.2) is 42.5 Å². The highest BCUT2D eigenvalue weighted by Crippen LogP contribution is 2.48. The van der Waals surface area contributed by atoms with Crippen molar-refractivity contribution in [1.82, 2.24) is 15.1 Å². The lowest BCUT2D eigenvalue weighted by molar-refractivity contribution is -0.142. The third-order valence-electron chi connectivity index (χ3n) is 8.34. The van der Waals surface area contributed by atoms with Gasteiger partial charge in [-0.3, -0.25) is 9.59 Å². The molecule has 35 heavy (non-hydrogen) atoms. The van der Waals surface area contributed by atoms with E-state index < -0.39 is 29.5 Å². The van der Waals surface area contributed by atoms with Crippen molar-refractivity contribution >= 4 is 11.8 Å². The molecule has 3 heterocycles. The van der Waals surface area contributed by atoms with Crippen molar-refractivity contribution in [2.75, 3.05) is 20.1 Å². The normalized spacial score (nSPS) is 26.3. The minimum absolute atomic E-state index is 0.0142. The van der Waals surface area contributed by atoms with Crippen molar-refractivity contribution in [3.63, 3.8) is 0 Å². The van der Waals surface area contributed by atoms with Gasteiger partial charge in [0.2, 0.25) is 0 Å². The van der Waals surface area contributed by atoms with Gasteiger partial charge in [0.1, 0.15) is 17.9 Å². The summed E-state index contributed by atoms with van der Waals surface area (Å²) in [6.07, 6.45) is 3.78. The zero-order chi connectivity index (χ0) is 24.4. The van der Waals surface area contributed by atoms with Gasteiger partial charge in [-0.15, -0.1) is 0 Å². The second-order valence-electron chi connectivity index (χ2n) is 10.3. The van der Waals surface area contributed by atoms with Crippen molar-refractivity contribution in [1.29, 1.82) is 0 Å². The third kappa shape index (κ3) is 3.65. The van der Waals surface area contributed by atoms with Gasteiger partial charge in [0.25, 0.3) is 11.8 Å². The Balaban J connectivity index is 1.16. The molecule has 2 amide bonds. The molecule has 2 aromatic rings. The van der Waals surface area contributed by atoms with E-state index >= 15 is 0 Å². The van der Waals surface area contributed by atoms with Crippen LogP contribution in [0.2, 0.25) is 0 Å². The molecule has 184 valence electrons. The van der Waals surface area contributed by atoms with E-state index in [4.69, 9.17) is 4.74 Å². The zero-order valence-corrected chi connectivity index (χ0v) is 19.7. The molecule has 0 radical (unpaired) electrons. The number of carbonyl (C=O) groups excluding carboxylic acids is 2. The largest absolute Gasteiger partial charge is 0.342 e. The van der Waals surface area contributed by atoms with E-state index in [9.17, 15) is 18.4 Å². The van der Waals surface area contributed by atoms with E-state index in [1.54, 1.807) is 9.80 Å². The molecular weight excluding hydrogens is 452 g/mol. The van der Waals surface area contributed by atoms with Crippen LogP contribution in [0.1, 0.15) is 66.1 Å². The van der Waals surface area contributed by atoms with Gasteiger partial charge in [0.15, 0.2) is 5.60 Å². The Morgan fingerprint density at radius 1 is 1.03 bits per heavy atom. The number of rotatable bonds is 4. The zero-order valence-electron chi connectivity index (χ0n) is 19.7. The Kier molecular flexibility index (Phi) is 5.23. The standard InChI is InChI=1S/C27H29F2N3O3/c1-30-26(7-8-26)19-4-2-3-17(13-19)24(33)31-11-9-27(10-12-31)25(34)32-22(5-6-23(32)35-27)18-14-20(28)16-21(29)15-18/h2-4,13-16,22-23,30H,5-12H2,1H3. The Bertz CT molecular complexity index is 1170. The number of hydrogen-bond donors (Lipinski definition) is 1. The first kappa shape index (κ1) is 22.6. The van der Waals surface area contributed by atoms with Gasteiger partial charge in [0.05, 0.1) is 6.04 Å². The lowest BCUT2D eigenvalue weighted by atomic mass is 9.89. The fourth-order valence-electron chi connectivity index (χ4n) is 6.15. The second kappa shape index (κ2) is 8.10. The number of amides is 2. The fraction of sp³-hybridized carbons (Fsp3) is 0.481. The average molecular weight is 482 g/mol. The summed E-state index contributed by atoms with van der Waals surface area (Å²) in [6.45, 7) is 0.845. The van der Waals surface area contributed by atoms with Crippen molar-refractivity contribution in [3.8, 4) is 0 Å². The molecule has 1 spiro atoms. The van der Waals surface area contributed by atoms with Gasteiger partial charge in [-0.1, -0.05) is 12.1 Å². The summed E-state index contributed by atoms with van der Waals surface area (Å²) in [6, 6.07) is 10.8. The lowest BCUT2D eigenvalue weighted by Gasteiger charge is -2.37. The smallest absolute Gasteiger partial charge is 0.257 e. The van der Waals surface area contributed by atoms with E-state index in [1.807, 2.05) is 25.2 Å². The summed E-state index contributed by atoms with van der Waals surface area (Å²) < 4.78 is 34.0. The molecule has 1 aliphatic carbocycles. The Morgan fingerprint density at radius 3 is 2.40 bits per heavy atom. The second-order valence-corrected chi connectivity index (χ2v) is 10.3. The first-order chi connectivity index (χ1) is 16.8. The van der Waals surface area contributed by atoms with E-state index in [0.717, 1.165) is 24.5 Å². The Hall–Kier alpha value is -2.84. The highest BCUT2D eigenvalue weighted by molar-refractivity contribution is 5.95. The van der Waals surface area contributed by atoms with Gasteiger partial charge in [-0.25, -0.2) is 8.78 Å². The van der Waals surface area contributed by atoms with Gasteiger partial charge in [0, 0.05) is 43.1 Å². The number of ether oxygens (including phenoxy) is 1. The molecule has 2 aromatic carbocycles. The van der Waals surface area contributed by atoms with Crippen molar-refractivity contribution in [2.45, 2.75) is 61.9 Å². The number of nitrogens with zero attached hydrogens (tertiary/aromatic N) is 2. The molecule has 0 aromatic heterocycles. The van der Waals surface area contributed by atoms with Crippen molar-refractivity contribution in [2.24, 2.45) is 0 Å². The molecule has 3 aliphatic heterocycles. The topological polar surface area (TPSA) is 61.9 Å². The minimum atomic E-state index is -0.974. The number of benzene rings is 2. The highest BCUT2D eigenvalue weighted by Gasteiger charge is 2.58. The molecule has 6 rings (SSSR count). The maximum absolute atomic E-state index is 13.8. The van der Waals surface area contributed by atoms with Crippen molar-refractivity contribution in [3.05, 3.63) is 70.8 Å². The van der Waals surface area contributed by atoms with Crippen LogP contribution in [0.25, 0.3) is 0 Å². The Labute approximate surface area is 203 Å². The van der Waals surface area contributed by atoms with Crippen LogP contribution in [0.5, 0.6) is 0 Å². The summed E-state index contributed by atoms with van der Waals surface area (Å²) in [5, 5.41) is 3.37. The maximum Gasteiger partial charge on any atom is 0.257 e. The number of halogens is 2. The lowest BCUT2D eigenvalue weighted by Crippen LogP contribution is -2.51. The molecule has 2 atom stereocenters. The number of hydrogen-bond acceptors (Lipinski definition) is 4. The van der Waals surface area contributed by atoms with Crippen LogP contribution < -0.4 is 5.32 Å². The Morgan fingerprint density at radius 2 is 1.74 bits per heavy atom. The van der Waals surface area contributed by atoms with Gasteiger partial charge in [-0.2, -0.15) is 0 Å². The average Bonchev–Trinajstić information content (AvgIpc) is 3.49. The molecule has 0 bridgehead atoms. The summed E-state index contributed by atoms with van der Waals surface area (Å²) >= 11 is 0. The van der Waals surface area contributed by atoms with E-state index in [0.29, 0.717) is 49.9 Å². The van der Waals surface area contributed by atoms with Gasteiger partial charge < -0.3 is 19.9 Å². The molecule has 8 heteroatoms. The predicted octanol–water partition coefficient (Wildman–Crippen LogP) is 3.87. The molecule has 2 unspecified atom stereocenters. The maximum atomic E-state index is 13.8. The summed E-state index contributed by atoms with van der Waals surface area (Å²) in [4.78, 5) is 30.3. The van der Waals surface area contributed by atoms with E-state index in [2.05, 4.69) is 11.4 Å². The first-order valence-corrected chi connectivity index (χ1v) is 12.4. The number of likely N-dealkylation sites (tertiary alicyclic amines) is 1. The SMILES string of the molecule is CNC1(c2cccc(C(=O)N3CCC4(CC3)OC3CCC(c5cc(F)cc(F)c5)N3C4=O)c2)CC1. The van der Waals surface area contributed by atoms with Crippen LogP contribution in [0.3, 0.4) is 0 Å². The molecule has 6 nitrogen and oxygen atoms in total. The first-order valence-electron chi connectivity index (χ1n) is 12.4. The number of nitrogens with one attached hydrogen (secondary N) is 1. The minimum Gasteiger partial charge on any atom is -0.342 e. The third-order valence-corrected chi connectivity index (χ3v) is 8.34.